The largest absolute Gasteiger partial charge is 0.341 e. The number of carbonyl (C=O) groups excluding carboxylic acids is 2. The highest BCUT2D eigenvalue weighted by molar-refractivity contribution is 5.90. The molecule has 1 aliphatic carbocycles. The fourth-order valence-electron chi connectivity index (χ4n) is 4.80. The van der Waals surface area contributed by atoms with Crippen LogP contribution in [0.2, 0.25) is 0 Å². The normalized spacial score (nSPS) is 27.6. The van der Waals surface area contributed by atoms with Crippen molar-refractivity contribution >= 4 is 11.8 Å². The predicted molar refractivity (Wildman–Crippen MR) is 101 cm³/mol. The maximum atomic E-state index is 13.2. The number of hydrogen-bond donors (Lipinski definition) is 3. The van der Waals surface area contributed by atoms with Crippen molar-refractivity contribution in [1.82, 2.24) is 15.7 Å². The van der Waals surface area contributed by atoms with Crippen LogP contribution in [0.25, 0.3) is 0 Å². The number of rotatable bonds is 3. The van der Waals surface area contributed by atoms with Gasteiger partial charge in [-0.25, -0.2) is 5.48 Å². The van der Waals surface area contributed by atoms with Gasteiger partial charge < -0.3 is 10.2 Å². The Kier molecular flexibility index (Phi) is 4.86. The van der Waals surface area contributed by atoms with Gasteiger partial charge in [-0.2, -0.15) is 5.26 Å². The minimum Gasteiger partial charge on any atom is -0.341 e. The van der Waals surface area contributed by atoms with E-state index in [2.05, 4.69) is 11.4 Å². The molecular weight excluding hydrogens is 356 g/mol. The molecule has 0 aromatic heterocycles. The number of benzene rings is 1. The first-order valence-electron chi connectivity index (χ1n) is 9.95. The first-order chi connectivity index (χ1) is 13.5. The predicted octanol–water partition coefficient (Wildman–Crippen LogP) is 1.33. The number of hydroxylamine groups is 1. The first kappa shape index (κ1) is 18.9. The summed E-state index contributed by atoms with van der Waals surface area (Å²) in [7, 11) is 0. The third-order valence-corrected chi connectivity index (χ3v) is 6.89. The summed E-state index contributed by atoms with van der Waals surface area (Å²) in [6, 6.07) is 11.6. The maximum absolute atomic E-state index is 13.2. The van der Waals surface area contributed by atoms with E-state index in [4.69, 9.17) is 5.21 Å². The summed E-state index contributed by atoms with van der Waals surface area (Å²) in [5.41, 5.74) is 2.27. The average Bonchev–Trinajstić information content (AvgIpc) is 3.51. The second kappa shape index (κ2) is 7.19. The zero-order valence-corrected chi connectivity index (χ0v) is 15.9. The molecule has 2 atom stereocenters. The van der Waals surface area contributed by atoms with Crippen LogP contribution in [0.15, 0.2) is 30.3 Å². The standard InChI is InChI=1S/C21H26N4O3/c22-13-21(15-4-2-1-3-5-15)8-10-25(11-9-21)19(27)17-16(18(26)24-28)12-20(6-7-20)14-23-17/h1-5,16-17,23,28H,6-12,14H2,(H,24,26)/t16-,17-/m0/s1. The van der Waals surface area contributed by atoms with E-state index >= 15 is 0 Å². The monoisotopic (exact) mass is 382 g/mol. The molecule has 2 amide bonds. The summed E-state index contributed by atoms with van der Waals surface area (Å²) in [4.78, 5) is 27.1. The van der Waals surface area contributed by atoms with Crippen molar-refractivity contribution in [2.45, 2.75) is 43.6 Å². The van der Waals surface area contributed by atoms with Crippen LogP contribution in [0.4, 0.5) is 0 Å². The van der Waals surface area contributed by atoms with Crippen LogP contribution in [0.5, 0.6) is 0 Å². The topological polar surface area (TPSA) is 105 Å². The van der Waals surface area contributed by atoms with Crippen molar-refractivity contribution in [1.29, 1.82) is 5.26 Å². The molecule has 3 fully saturated rings. The molecule has 3 aliphatic rings. The van der Waals surface area contributed by atoms with Crippen LogP contribution in [0.1, 0.15) is 37.7 Å². The third-order valence-electron chi connectivity index (χ3n) is 6.89. The lowest BCUT2D eigenvalue weighted by molar-refractivity contribution is -0.145. The van der Waals surface area contributed by atoms with Gasteiger partial charge in [-0.15, -0.1) is 0 Å². The maximum Gasteiger partial charge on any atom is 0.248 e. The first-order valence-corrected chi connectivity index (χ1v) is 9.95. The number of piperidine rings is 2. The van der Waals surface area contributed by atoms with Crippen molar-refractivity contribution in [3.8, 4) is 6.07 Å². The van der Waals surface area contributed by atoms with Gasteiger partial charge in [0, 0.05) is 19.6 Å². The van der Waals surface area contributed by atoms with Gasteiger partial charge in [-0.05, 0) is 43.1 Å². The zero-order valence-electron chi connectivity index (χ0n) is 15.9. The molecule has 1 aromatic carbocycles. The van der Waals surface area contributed by atoms with E-state index in [-0.39, 0.29) is 11.3 Å². The molecule has 0 unspecified atom stereocenters. The molecule has 2 aliphatic heterocycles. The van der Waals surface area contributed by atoms with Crippen molar-refractivity contribution in [3.63, 3.8) is 0 Å². The van der Waals surface area contributed by atoms with Gasteiger partial charge in [0.25, 0.3) is 0 Å². The number of nitrogens with zero attached hydrogens (tertiary/aromatic N) is 2. The van der Waals surface area contributed by atoms with Gasteiger partial charge in [0.15, 0.2) is 0 Å². The molecule has 1 aromatic rings. The lowest BCUT2D eigenvalue weighted by Gasteiger charge is -2.42. The van der Waals surface area contributed by atoms with Gasteiger partial charge in [0.1, 0.15) is 0 Å². The average molecular weight is 382 g/mol. The van der Waals surface area contributed by atoms with E-state index in [9.17, 15) is 14.9 Å². The summed E-state index contributed by atoms with van der Waals surface area (Å²) < 4.78 is 0. The molecule has 0 radical (unpaired) electrons. The highest BCUT2D eigenvalue weighted by Crippen LogP contribution is 2.52. The van der Waals surface area contributed by atoms with Crippen LogP contribution < -0.4 is 10.8 Å². The number of amides is 2. The van der Waals surface area contributed by atoms with Gasteiger partial charge >= 0.3 is 0 Å². The van der Waals surface area contributed by atoms with Crippen molar-refractivity contribution < 1.29 is 14.8 Å². The summed E-state index contributed by atoms with van der Waals surface area (Å²) in [5.74, 6) is -1.17. The highest BCUT2D eigenvalue weighted by atomic mass is 16.5. The molecule has 148 valence electrons. The van der Waals surface area contributed by atoms with Crippen LogP contribution in [0.3, 0.4) is 0 Å². The van der Waals surface area contributed by atoms with Crippen molar-refractivity contribution in [2.24, 2.45) is 11.3 Å². The highest BCUT2D eigenvalue weighted by Gasteiger charge is 2.53. The number of nitrogens with one attached hydrogen (secondary N) is 2. The molecule has 1 spiro atoms. The van der Waals surface area contributed by atoms with E-state index in [0.29, 0.717) is 32.4 Å². The van der Waals surface area contributed by atoms with Crippen LogP contribution in [-0.4, -0.2) is 47.6 Å². The lowest BCUT2D eigenvalue weighted by atomic mass is 9.73. The SMILES string of the molecule is N#CC1(c2ccccc2)CCN(C(=O)[C@H]2NCC3(CC3)C[C@@H]2C(=O)NO)CC1. The molecule has 0 bridgehead atoms. The van der Waals surface area contributed by atoms with E-state index < -0.39 is 23.3 Å². The Hall–Kier alpha value is -2.43. The number of hydrogen-bond acceptors (Lipinski definition) is 5. The lowest BCUT2D eigenvalue weighted by Crippen LogP contribution is -2.60. The quantitative estimate of drug-likeness (QED) is 0.540. The molecule has 2 saturated heterocycles. The number of nitriles is 1. The Labute approximate surface area is 164 Å². The van der Waals surface area contributed by atoms with E-state index in [1.165, 1.54) is 0 Å². The Morgan fingerprint density at radius 1 is 1.18 bits per heavy atom. The van der Waals surface area contributed by atoms with E-state index in [0.717, 1.165) is 24.9 Å². The van der Waals surface area contributed by atoms with Crippen LogP contribution in [-0.2, 0) is 15.0 Å². The molecule has 3 N–H and O–H groups in total. The van der Waals surface area contributed by atoms with E-state index in [1.54, 1.807) is 10.4 Å². The summed E-state index contributed by atoms with van der Waals surface area (Å²) in [5, 5.41) is 22.2. The molecule has 4 rings (SSSR count). The van der Waals surface area contributed by atoms with Gasteiger partial charge in [0.2, 0.25) is 11.8 Å². The molecule has 1 saturated carbocycles. The Morgan fingerprint density at radius 3 is 2.43 bits per heavy atom. The van der Waals surface area contributed by atoms with E-state index in [1.807, 2.05) is 30.3 Å². The number of likely N-dealkylation sites (tertiary alicyclic amines) is 1. The molecule has 28 heavy (non-hydrogen) atoms. The summed E-state index contributed by atoms with van der Waals surface area (Å²) in [6.45, 7) is 1.70. The van der Waals surface area contributed by atoms with Crippen molar-refractivity contribution in [2.75, 3.05) is 19.6 Å². The van der Waals surface area contributed by atoms with Gasteiger partial charge in [0.05, 0.1) is 23.4 Å². The van der Waals surface area contributed by atoms with Gasteiger partial charge in [-0.1, -0.05) is 30.3 Å². The number of carbonyl (C=O) groups is 2. The fraction of sp³-hybridized carbons (Fsp3) is 0.571. The Morgan fingerprint density at radius 2 is 1.86 bits per heavy atom. The minimum atomic E-state index is -0.621. The zero-order chi connectivity index (χ0) is 19.8. The second-order valence-electron chi connectivity index (χ2n) is 8.53. The summed E-state index contributed by atoms with van der Waals surface area (Å²) >= 11 is 0. The second-order valence-corrected chi connectivity index (χ2v) is 8.53. The smallest absolute Gasteiger partial charge is 0.248 e. The van der Waals surface area contributed by atoms with Crippen molar-refractivity contribution in [3.05, 3.63) is 35.9 Å². The Balaban J connectivity index is 1.46. The van der Waals surface area contributed by atoms with Gasteiger partial charge in [-0.3, -0.25) is 14.8 Å². The minimum absolute atomic E-state index is 0.108. The third kappa shape index (κ3) is 3.27. The summed E-state index contributed by atoms with van der Waals surface area (Å²) in [6.07, 6.45) is 3.89. The molecule has 7 nitrogen and oxygen atoms in total. The molecule has 2 heterocycles. The molecular formula is C21H26N4O3. The Bertz CT molecular complexity index is 792. The van der Waals surface area contributed by atoms with Crippen LogP contribution >= 0.6 is 0 Å². The fourth-order valence-corrected chi connectivity index (χ4v) is 4.80. The van der Waals surface area contributed by atoms with Crippen LogP contribution in [0, 0.1) is 22.7 Å². The molecule has 7 heteroatoms.